The lowest BCUT2D eigenvalue weighted by Gasteiger charge is -2.08. The number of hydrogen-bond donors (Lipinski definition) is 2. The minimum atomic E-state index is -0.456. The van der Waals surface area contributed by atoms with Gasteiger partial charge >= 0.3 is 0 Å². The maximum Gasteiger partial charge on any atom is 0.248 e. The number of pyridine rings is 1. The van der Waals surface area contributed by atoms with Crippen molar-refractivity contribution in [3.05, 3.63) is 53.7 Å². The Balaban J connectivity index is 1.91. The third kappa shape index (κ3) is 4.86. The Morgan fingerprint density at radius 3 is 2.50 bits per heavy atom. The molecule has 1 amide bonds. The summed E-state index contributed by atoms with van der Waals surface area (Å²) in [5, 5.41) is 3.36. The molecule has 1 aromatic heterocycles. The van der Waals surface area contributed by atoms with Gasteiger partial charge in [-0.05, 0) is 42.3 Å². The molecule has 0 fully saturated rings. The van der Waals surface area contributed by atoms with Crippen LogP contribution in [-0.2, 0) is 6.54 Å². The van der Waals surface area contributed by atoms with Crippen LogP contribution >= 0.6 is 0 Å². The molecular formula is C17H21N3O2. The molecule has 0 bridgehead atoms. The molecule has 1 heterocycles. The molecule has 2 aromatic rings. The number of hydrogen-bond acceptors (Lipinski definition) is 4. The number of benzene rings is 1. The van der Waals surface area contributed by atoms with E-state index in [1.165, 1.54) is 0 Å². The Labute approximate surface area is 130 Å². The van der Waals surface area contributed by atoms with Crippen LogP contribution in [0, 0.1) is 5.92 Å². The van der Waals surface area contributed by atoms with Gasteiger partial charge in [0.05, 0.1) is 0 Å². The molecule has 0 aliphatic carbocycles. The fourth-order valence-electron chi connectivity index (χ4n) is 1.89. The third-order valence-corrected chi connectivity index (χ3v) is 3.04. The van der Waals surface area contributed by atoms with Crippen LogP contribution in [0.4, 0.5) is 0 Å². The highest BCUT2D eigenvalue weighted by Crippen LogP contribution is 2.19. The van der Waals surface area contributed by atoms with E-state index < -0.39 is 5.91 Å². The fourth-order valence-corrected chi connectivity index (χ4v) is 1.89. The van der Waals surface area contributed by atoms with E-state index in [4.69, 9.17) is 10.5 Å². The molecule has 0 radical (unpaired) electrons. The Kier molecular flexibility index (Phi) is 5.49. The van der Waals surface area contributed by atoms with Crippen molar-refractivity contribution < 1.29 is 9.53 Å². The fraction of sp³-hybridized carbons (Fsp3) is 0.294. The number of nitrogens with zero attached hydrogens (tertiary/aromatic N) is 1. The van der Waals surface area contributed by atoms with Gasteiger partial charge in [0.1, 0.15) is 5.75 Å². The molecule has 0 unspecified atom stereocenters. The monoisotopic (exact) mass is 299 g/mol. The number of amides is 1. The van der Waals surface area contributed by atoms with E-state index in [1.54, 1.807) is 30.5 Å². The van der Waals surface area contributed by atoms with E-state index in [1.807, 2.05) is 12.1 Å². The maximum absolute atomic E-state index is 11.0. The summed E-state index contributed by atoms with van der Waals surface area (Å²) in [6.45, 7) is 6.11. The second-order valence-corrected chi connectivity index (χ2v) is 5.52. The molecule has 2 rings (SSSR count). The molecule has 0 aliphatic rings. The quantitative estimate of drug-likeness (QED) is 0.824. The normalized spacial score (nSPS) is 10.7. The lowest BCUT2D eigenvalue weighted by Crippen LogP contribution is -2.18. The van der Waals surface area contributed by atoms with Crippen molar-refractivity contribution in [3.63, 3.8) is 0 Å². The molecule has 0 atom stereocenters. The zero-order chi connectivity index (χ0) is 15.9. The average molecular weight is 299 g/mol. The van der Waals surface area contributed by atoms with E-state index in [9.17, 15) is 4.79 Å². The first kappa shape index (κ1) is 16.0. The van der Waals surface area contributed by atoms with E-state index in [0.29, 0.717) is 23.1 Å². The van der Waals surface area contributed by atoms with E-state index in [0.717, 1.165) is 18.7 Å². The lowest BCUT2D eigenvalue weighted by atomic mass is 10.2. The number of primary amides is 1. The van der Waals surface area contributed by atoms with Crippen LogP contribution in [0.3, 0.4) is 0 Å². The van der Waals surface area contributed by atoms with Gasteiger partial charge in [-0.15, -0.1) is 0 Å². The SMILES string of the molecule is CC(C)CNCc1ccc(Oc2ccc(C(N)=O)cc2)nc1. The van der Waals surface area contributed by atoms with Gasteiger partial charge in [0.15, 0.2) is 0 Å². The molecule has 0 spiro atoms. The van der Waals surface area contributed by atoms with Crippen molar-refractivity contribution in [1.29, 1.82) is 0 Å². The minimum Gasteiger partial charge on any atom is -0.439 e. The third-order valence-electron chi connectivity index (χ3n) is 3.04. The van der Waals surface area contributed by atoms with Gasteiger partial charge < -0.3 is 15.8 Å². The van der Waals surface area contributed by atoms with Crippen LogP contribution in [-0.4, -0.2) is 17.4 Å². The average Bonchev–Trinajstić information content (AvgIpc) is 2.49. The summed E-state index contributed by atoms with van der Waals surface area (Å²) >= 11 is 0. The van der Waals surface area contributed by atoms with Crippen molar-refractivity contribution in [2.24, 2.45) is 11.7 Å². The predicted octanol–water partition coefficient (Wildman–Crippen LogP) is 2.72. The summed E-state index contributed by atoms with van der Waals surface area (Å²) in [5.41, 5.74) is 6.75. The Bertz CT molecular complexity index is 607. The summed E-state index contributed by atoms with van der Waals surface area (Å²) in [5.74, 6) is 1.30. The summed E-state index contributed by atoms with van der Waals surface area (Å²) in [6, 6.07) is 10.4. The predicted molar refractivity (Wildman–Crippen MR) is 85.8 cm³/mol. The van der Waals surface area contributed by atoms with Gasteiger partial charge in [-0.3, -0.25) is 4.79 Å². The van der Waals surface area contributed by atoms with Crippen LogP contribution in [0.5, 0.6) is 11.6 Å². The van der Waals surface area contributed by atoms with Gasteiger partial charge in [0, 0.05) is 24.4 Å². The summed E-state index contributed by atoms with van der Waals surface area (Å²) < 4.78 is 5.63. The van der Waals surface area contributed by atoms with Crippen LogP contribution < -0.4 is 15.8 Å². The molecule has 0 saturated carbocycles. The highest BCUT2D eigenvalue weighted by atomic mass is 16.5. The van der Waals surface area contributed by atoms with Crippen LogP contribution in [0.15, 0.2) is 42.6 Å². The van der Waals surface area contributed by atoms with Gasteiger partial charge in [-0.25, -0.2) is 4.98 Å². The van der Waals surface area contributed by atoms with Gasteiger partial charge in [0.2, 0.25) is 11.8 Å². The van der Waals surface area contributed by atoms with Gasteiger partial charge in [0.25, 0.3) is 0 Å². The Morgan fingerprint density at radius 1 is 1.23 bits per heavy atom. The number of carbonyl (C=O) groups excluding carboxylic acids is 1. The highest BCUT2D eigenvalue weighted by Gasteiger charge is 2.03. The molecule has 0 aliphatic heterocycles. The highest BCUT2D eigenvalue weighted by molar-refractivity contribution is 5.92. The second kappa shape index (κ2) is 7.56. The van der Waals surface area contributed by atoms with Crippen molar-refractivity contribution in [3.8, 4) is 11.6 Å². The van der Waals surface area contributed by atoms with Crippen molar-refractivity contribution in [2.45, 2.75) is 20.4 Å². The minimum absolute atomic E-state index is 0.451. The van der Waals surface area contributed by atoms with Crippen LogP contribution in [0.2, 0.25) is 0 Å². The number of ether oxygens (including phenoxy) is 1. The zero-order valence-electron chi connectivity index (χ0n) is 12.9. The molecule has 3 N–H and O–H groups in total. The van der Waals surface area contributed by atoms with Crippen LogP contribution in [0.1, 0.15) is 29.8 Å². The summed E-state index contributed by atoms with van der Waals surface area (Å²) in [4.78, 5) is 15.3. The first-order valence-corrected chi connectivity index (χ1v) is 7.28. The molecule has 5 nitrogen and oxygen atoms in total. The van der Waals surface area contributed by atoms with E-state index in [2.05, 4.69) is 24.1 Å². The van der Waals surface area contributed by atoms with E-state index in [-0.39, 0.29) is 0 Å². The largest absolute Gasteiger partial charge is 0.439 e. The number of nitrogens with one attached hydrogen (secondary N) is 1. The van der Waals surface area contributed by atoms with Gasteiger partial charge in [-0.2, -0.15) is 0 Å². The van der Waals surface area contributed by atoms with Gasteiger partial charge in [-0.1, -0.05) is 19.9 Å². The smallest absolute Gasteiger partial charge is 0.248 e. The topological polar surface area (TPSA) is 77.2 Å². The number of rotatable bonds is 7. The molecule has 5 heteroatoms. The number of aromatic nitrogens is 1. The van der Waals surface area contributed by atoms with E-state index >= 15 is 0 Å². The van der Waals surface area contributed by atoms with Crippen LogP contribution in [0.25, 0.3) is 0 Å². The lowest BCUT2D eigenvalue weighted by molar-refractivity contribution is 0.100. The first-order valence-electron chi connectivity index (χ1n) is 7.28. The molecule has 0 saturated heterocycles. The molecule has 1 aromatic carbocycles. The standard InChI is InChI=1S/C17H21N3O2/c1-12(2)9-19-10-13-3-8-16(20-11-13)22-15-6-4-14(5-7-15)17(18)21/h3-8,11-12,19H,9-10H2,1-2H3,(H2,18,21). The van der Waals surface area contributed by atoms with Crippen molar-refractivity contribution in [1.82, 2.24) is 10.3 Å². The second-order valence-electron chi connectivity index (χ2n) is 5.52. The number of nitrogens with two attached hydrogens (primary N) is 1. The number of carbonyl (C=O) groups is 1. The molecule has 22 heavy (non-hydrogen) atoms. The first-order chi connectivity index (χ1) is 10.5. The van der Waals surface area contributed by atoms with Crippen molar-refractivity contribution >= 4 is 5.91 Å². The molecule has 116 valence electrons. The Hall–Kier alpha value is -2.40. The molecular weight excluding hydrogens is 278 g/mol. The summed E-state index contributed by atoms with van der Waals surface area (Å²) in [7, 11) is 0. The summed E-state index contributed by atoms with van der Waals surface area (Å²) in [6.07, 6.45) is 1.79. The maximum atomic E-state index is 11.0. The van der Waals surface area contributed by atoms with Crippen molar-refractivity contribution in [2.75, 3.05) is 6.54 Å². The Morgan fingerprint density at radius 2 is 1.95 bits per heavy atom. The zero-order valence-corrected chi connectivity index (χ0v) is 12.9.